The van der Waals surface area contributed by atoms with Crippen molar-refractivity contribution in [3.8, 4) is 0 Å². The van der Waals surface area contributed by atoms with Gasteiger partial charge >= 0.3 is 5.97 Å². The van der Waals surface area contributed by atoms with Crippen LogP contribution in [-0.4, -0.2) is 17.1 Å². The summed E-state index contributed by atoms with van der Waals surface area (Å²) in [5, 5.41) is 11.9. The second-order valence-corrected chi connectivity index (χ2v) is 3.41. The number of nitrogens with one attached hydrogen (secondary N) is 1. The third-order valence-corrected chi connectivity index (χ3v) is 2.15. The molecule has 2 rings (SSSR count). The maximum absolute atomic E-state index is 12.8. The second kappa shape index (κ2) is 3.29. The van der Waals surface area contributed by atoms with Gasteiger partial charge in [-0.1, -0.05) is 0 Å². The van der Waals surface area contributed by atoms with E-state index in [0.717, 1.165) is 18.9 Å². The van der Waals surface area contributed by atoms with Crippen LogP contribution in [0.15, 0.2) is 18.2 Å². The van der Waals surface area contributed by atoms with Crippen molar-refractivity contribution in [2.75, 3.05) is 5.32 Å². The molecule has 0 aliphatic heterocycles. The van der Waals surface area contributed by atoms with Crippen LogP contribution in [0.5, 0.6) is 0 Å². The minimum Gasteiger partial charge on any atom is -0.478 e. The number of hydrogen-bond acceptors (Lipinski definition) is 2. The monoisotopic (exact) mass is 195 g/mol. The molecule has 1 aliphatic carbocycles. The Hall–Kier alpha value is -1.58. The average Bonchev–Trinajstić information content (AvgIpc) is 2.91. The van der Waals surface area contributed by atoms with Gasteiger partial charge in [0.15, 0.2) is 0 Å². The lowest BCUT2D eigenvalue weighted by Crippen LogP contribution is -2.08. The number of hydrogen-bond donors (Lipinski definition) is 2. The van der Waals surface area contributed by atoms with Crippen LogP contribution in [0.1, 0.15) is 23.2 Å². The topological polar surface area (TPSA) is 49.3 Å². The summed E-state index contributed by atoms with van der Waals surface area (Å²) in [6, 6.07) is 4.12. The van der Waals surface area contributed by atoms with Crippen molar-refractivity contribution in [2.45, 2.75) is 18.9 Å². The van der Waals surface area contributed by atoms with Gasteiger partial charge in [0.05, 0.1) is 5.56 Å². The van der Waals surface area contributed by atoms with E-state index >= 15 is 0 Å². The van der Waals surface area contributed by atoms with Gasteiger partial charge in [0.25, 0.3) is 0 Å². The number of benzene rings is 1. The van der Waals surface area contributed by atoms with E-state index in [-0.39, 0.29) is 5.56 Å². The van der Waals surface area contributed by atoms with E-state index in [1.54, 1.807) is 0 Å². The van der Waals surface area contributed by atoms with Crippen molar-refractivity contribution >= 4 is 11.7 Å². The van der Waals surface area contributed by atoms with Crippen LogP contribution in [-0.2, 0) is 0 Å². The van der Waals surface area contributed by atoms with Crippen LogP contribution in [0.25, 0.3) is 0 Å². The Morgan fingerprint density at radius 1 is 1.50 bits per heavy atom. The van der Waals surface area contributed by atoms with Gasteiger partial charge in [0.2, 0.25) is 0 Å². The fourth-order valence-electron chi connectivity index (χ4n) is 1.27. The molecule has 0 spiro atoms. The minimum atomic E-state index is -1.10. The summed E-state index contributed by atoms with van der Waals surface area (Å²) in [4.78, 5) is 10.8. The highest BCUT2D eigenvalue weighted by molar-refractivity contribution is 5.94. The molecule has 4 heteroatoms. The van der Waals surface area contributed by atoms with E-state index < -0.39 is 11.8 Å². The van der Waals surface area contributed by atoms with Gasteiger partial charge in [-0.3, -0.25) is 0 Å². The number of carboxylic acids is 1. The highest BCUT2D eigenvalue weighted by Crippen LogP contribution is 2.27. The highest BCUT2D eigenvalue weighted by atomic mass is 19.1. The van der Waals surface area contributed by atoms with Gasteiger partial charge in [-0.2, -0.15) is 0 Å². The molecule has 0 saturated heterocycles. The maximum Gasteiger partial charge on any atom is 0.337 e. The molecule has 3 nitrogen and oxygen atoms in total. The van der Waals surface area contributed by atoms with Gasteiger partial charge in [0, 0.05) is 11.7 Å². The van der Waals surface area contributed by atoms with Gasteiger partial charge in [0.1, 0.15) is 5.82 Å². The van der Waals surface area contributed by atoms with Crippen LogP contribution < -0.4 is 5.32 Å². The number of rotatable bonds is 3. The number of halogens is 1. The summed E-state index contributed by atoms with van der Waals surface area (Å²) in [6.07, 6.45) is 2.10. The quantitative estimate of drug-likeness (QED) is 0.776. The molecule has 1 saturated carbocycles. The summed E-state index contributed by atoms with van der Waals surface area (Å²) in [5.41, 5.74) is 0.498. The Balaban J connectivity index is 2.31. The van der Waals surface area contributed by atoms with E-state index in [4.69, 9.17) is 5.11 Å². The lowest BCUT2D eigenvalue weighted by molar-refractivity contribution is 0.0697. The SMILES string of the molecule is O=C(O)c1cc(F)ccc1NC1CC1. The zero-order valence-electron chi connectivity index (χ0n) is 7.46. The predicted octanol–water partition coefficient (Wildman–Crippen LogP) is 2.10. The third kappa shape index (κ3) is 1.84. The van der Waals surface area contributed by atoms with Crippen LogP contribution in [0.2, 0.25) is 0 Å². The summed E-state index contributed by atoms with van der Waals surface area (Å²) in [5.74, 6) is -1.63. The first-order chi connectivity index (χ1) is 6.66. The summed E-state index contributed by atoms with van der Waals surface area (Å²) >= 11 is 0. The van der Waals surface area contributed by atoms with Gasteiger partial charge in [-0.05, 0) is 31.0 Å². The molecular weight excluding hydrogens is 185 g/mol. The molecule has 2 N–H and O–H groups in total. The first kappa shape index (κ1) is 8.99. The summed E-state index contributed by atoms with van der Waals surface area (Å²) in [6.45, 7) is 0. The number of carbonyl (C=O) groups is 1. The number of anilines is 1. The smallest absolute Gasteiger partial charge is 0.337 e. The molecule has 0 bridgehead atoms. The Kier molecular flexibility index (Phi) is 2.11. The van der Waals surface area contributed by atoms with E-state index in [2.05, 4.69) is 5.32 Å². The van der Waals surface area contributed by atoms with Crippen molar-refractivity contribution in [2.24, 2.45) is 0 Å². The molecule has 0 atom stereocenters. The van der Waals surface area contributed by atoms with Gasteiger partial charge < -0.3 is 10.4 Å². The molecule has 0 heterocycles. The zero-order chi connectivity index (χ0) is 10.1. The van der Waals surface area contributed by atoms with Crippen molar-refractivity contribution in [3.05, 3.63) is 29.6 Å². The normalized spacial score (nSPS) is 15.2. The second-order valence-electron chi connectivity index (χ2n) is 3.41. The molecular formula is C10H10FNO2. The van der Waals surface area contributed by atoms with Crippen molar-refractivity contribution in [3.63, 3.8) is 0 Å². The van der Waals surface area contributed by atoms with Crippen molar-refractivity contribution in [1.29, 1.82) is 0 Å². The maximum atomic E-state index is 12.8. The fourth-order valence-corrected chi connectivity index (χ4v) is 1.27. The molecule has 0 unspecified atom stereocenters. The lowest BCUT2D eigenvalue weighted by Gasteiger charge is -2.07. The summed E-state index contributed by atoms with van der Waals surface area (Å²) < 4.78 is 12.8. The molecule has 1 aromatic rings. The Morgan fingerprint density at radius 2 is 2.21 bits per heavy atom. The molecule has 1 aliphatic rings. The molecule has 14 heavy (non-hydrogen) atoms. The molecule has 1 aromatic carbocycles. The van der Waals surface area contributed by atoms with E-state index in [9.17, 15) is 9.18 Å². The third-order valence-electron chi connectivity index (χ3n) is 2.15. The summed E-state index contributed by atoms with van der Waals surface area (Å²) in [7, 11) is 0. The van der Waals surface area contributed by atoms with Crippen LogP contribution >= 0.6 is 0 Å². The van der Waals surface area contributed by atoms with E-state index in [1.807, 2.05) is 0 Å². The van der Waals surface area contributed by atoms with Crippen LogP contribution in [0.4, 0.5) is 10.1 Å². The first-order valence-electron chi connectivity index (χ1n) is 4.46. The van der Waals surface area contributed by atoms with Crippen LogP contribution in [0.3, 0.4) is 0 Å². The minimum absolute atomic E-state index is 0.00287. The van der Waals surface area contributed by atoms with Gasteiger partial charge in [-0.25, -0.2) is 9.18 Å². The molecule has 1 fully saturated rings. The van der Waals surface area contributed by atoms with Gasteiger partial charge in [-0.15, -0.1) is 0 Å². The predicted molar refractivity (Wildman–Crippen MR) is 50.0 cm³/mol. The largest absolute Gasteiger partial charge is 0.478 e. The molecule has 74 valence electrons. The standard InChI is InChI=1S/C10H10FNO2/c11-6-1-4-9(12-7-2-3-7)8(5-6)10(13)14/h1,4-5,7,12H,2-3H2,(H,13,14). The average molecular weight is 195 g/mol. The first-order valence-corrected chi connectivity index (χ1v) is 4.46. The zero-order valence-corrected chi connectivity index (χ0v) is 7.46. The lowest BCUT2D eigenvalue weighted by atomic mass is 10.1. The van der Waals surface area contributed by atoms with E-state index in [1.165, 1.54) is 12.1 Å². The molecule has 0 amide bonds. The van der Waals surface area contributed by atoms with Crippen LogP contribution in [0, 0.1) is 5.82 Å². The van der Waals surface area contributed by atoms with Crippen molar-refractivity contribution in [1.82, 2.24) is 0 Å². The molecule has 0 aromatic heterocycles. The highest BCUT2D eigenvalue weighted by Gasteiger charge is 2.23. The van der Waals surface area contributed by atoms with E-state index in [0.29, 0.717) is 11.7 Å². The fraction of sp³-hybridized carbons (Fsp3) is 0.300. The Labute approximate surface area is 80.6 Å². The number of carboxylic acid groups (broad SMARTS) is 1. The number of aromatic carboxylic acids is 1. The van der Waals surface area contributed by atoms with Crippen molar-refractivity contribution < 1.29 is 14.3 Å². The molecule has 0 radical (unpaired) electrons. The Bertz CT molecular complexity index is 374. The Morgan fingerprint density at radius 3 is 2.79 bits per heavy atom.